The van der Waals surface area contributed by atoms with E-state index < -0.39 is 0 Å². The molecular formula is C24H29BrN4O4. The third kappa shape index (κ3) is 7.28. The predicted molar refractivity (Wildman–Crippen MR) is 138 cm³/mol. The number of hydrazone groups is 1. The van der Waals surface area contributed by atoms with Gasteiger partial charge in [0.15, 0.2) is 23.0 Å². The first kappa shape index (κ1) is 25.8. The highest BCUT2D eigenvalue weighted by Crippen LogP contribution is 2.29. The van der Waals surface area contributed by atoms with Crippen LogP contribution in [0.2, 0.25) is 0 Å². The zero-order chi connectivity index (χ0) is 22.8. The van der Waals surface area contributed by atoms with Gasteiger partial charge in [0.05, 0.1) is 40.7 Å². The van der Waals surface area contributed by atoms with E-state index in [1.165, 1.54) is 0 Å². The van der Waals surface area contributed by atoms with E-state index in [9.17, 15) is 0 Å². The van der Waals surface area contributed by atoms with Crippen molar-refractivity contribution in [2.75, 3.05) is 41.5 Å². The van der Waals surface area contributed by atoms with E-state index in [2.05, 4.69) is 20.8 Å². The van der Waals surface area contributed by atoms with Crippen molar-refractivity contribution >= 4 is 40.8 Å². The third-order valence-electron chi connectivity index (χ3n) is 4.67. The second-order valence-corrected chi connectivity index (χ2v) is 6.70. The molecule has 2 aromatic carbocycles. The molecule has 1 aliphatic heterocycles. The first-order valence-corrected chi connectivity index (χ1v) is 10.1. The summed E-state index contributed by atoms with van der Waals surface area (Å²) in [5.74, 6) is 3.34. The topological polar surface area (TPSA) is 85.7 Å². The minimum absolute atomic E-state index is 0. The van der Waals surface area contributed by atoms with Crippen LogP contribution in [0.3, 0.4) is 0 Å². The molecule has 0 aliphatic carbocycles. The van der Waals surface area contributed by atoms with Crippen molar-refractivity contribution in [2.24, 2.45) is 10.1 Å². The summed E-state index contributed by atoms with van der Waals surface area (Å²) in [6, 6.07) is 11.4. The van der Waals surface area contributed by atoms with Crippen molar-refractivity contribution in [3.63, 3.8) is 0 Å². The van der Waals surface area contributed by atoms with Crippen molar-refractivity contribution in [3.05, 3.63) is 59.7 Å². The van der Waals surface area contributed by atoms with Gasteiger partial charge in [-0.2, -0.15) is 5.10 Å². The number of benzene rings is 2. The normalized spacial score (nSPS) is 12.5. The number of nitrogens with one attached hydrogen (secondary N) is 2. The summed E-state index contributed by atoms with van der Waals surface area (Å²) in [6.07, 6.45) is 7.71. The summed E-state index contributed by atoms with van der Waals surface area (Å²) in [5.41, 5.74) is 5.57. The Morgan fingerprint density at radius 3 is 1.79 bits per heavy atom. The molecular weight excluding hydrogens is 488 g/mol. The van der Waals surface area contributed by atoms with Crippen LogP contribution in [0.15, 0.2) is 58.6 Å². The highest BCUT2D eigenvalue weighted by molar-refractivity contribution is 8.93. The van der Waals surface area contributed by atoms with Crippen LogP contribution in [0.1, 0.15) is 11.1 Å². The van der Waals surface area contributed by atoms with Gasteiger partial charge < -0.3 is 24.3 Å². The highest BCUT2D eigenvalue weighted by Gasteiger charge is 2.05. The average Bonchev–Trinajstić information content (AvgIpc) is 3.36. The molecule has 0 saturated carbocycles. The van der Waals surface area contributed by atoms with E-state index in [1.807, 2.05) is 60.7 Å². The Bertz CT molecular complexity index is 983. The smallest absolute Gasteiger partial charge is 0.212 e. The second kappa shape index (κ2) is 13.2. The number of guanidine groups is 1. The fourth-order valence-electron chi connectivity index (χ4n) is 3.00. The molecule has 8 nitrogen and oxygen atoms in total. The van der Waals surface area contributed by atoms with E-state index in [0.29, 0.717) is 34.7 Å². The van der Waals surface area contributed by atoms with Crippen LogP contribution in [-0.2, 0) is 0 Å². The lowest BCUT2D eigenvalue weighted by Gasteiger charge is -2.08. The standard InChI is InChI=1S/C24H28N4O4.BrH/c1-29-20-11-7-17(15-22(20)31-3)5-9-19(27-28-24-25-13-14-26-24)10-6-18-8-12-21(30-2)23(16-18)32-4;/h5-12,15-16H,13-14H2,1-4H3,(H2,25,26,28);1H/b9-5+,10-6+;. The SMILES string of the molecule is Br.COc1ccc(/C=C/C(/C=C/c2ccc(OC)c(OC)c2)=NNC2=NCCN2)cc1OC. The molecule has 176 valence electrons. The second-order valence-electron chi connectivity index (χ2n) is 6.70. The van der Waals surface area contributed by atoms with Gasteiger partial charge in [-0.05, 0) is 47.5 Å². The van der Waals surface area contributed by atoms with E-state index >= 15 is 0 Å². The minimum Gasteiger partial charge on any atom is -0.493 e. The Kier molecular flexibility index (Phi) is 10.3. The van der Waals surface area contributed by atoms with Crippen molar-refractivity contribution in [1.82, 2.24) is 10.7 Å². The number of hydrogen-bond donors (Lipinski definition) is 2. The number of allylic oxidation sites excluding steroid dienone is 2. The number of hydrogen-bond acceptors (Lipinski definition) is 8. The largest absolute Gasteiger partial charge is 0.493 e. The van der Waals surface area contributed by atoms with Crippen molar-refractivity contribution in [3.8, 4) is 23.0 Å². The molecule has 2 N–H and O–H groups in total. The van der Waals surface area contributed by atoms with Gasteiger partial charge >= 0.3 is 0 Å². The summed E-state index contributed by atoms with van der Waals surface area (Å²) in [4.78, 5) is 4.31. The Morgan fingerprint density at radius 2 is 1.36 bits per heavy atom. The third-order valence-corrected chi connectivity index (χ3v) is 4.67. The molecule has 2 aromatic rings. The molecule has 0 bridgehead atoms. The molecule has 3 rings (SSSR count). The van der Waals surface area contributed by atoms with E-state index in [-0.39, 0.29) is 17.0 Å². The molecule has 0 unspecified atom stereocenters. The molecule has 0 atom stereocenters. The Labute approximate surface area is 204 Å². The summed E-state index contributed by atoms with van der Waals surface area (Å²) in [5, 5.41) is 7.61. The Hall–Kier alpha value is -3.46. The summed E-state index contributed by atoms with van der Waals surface area (Å²) < 4.78 is 21.4. The van der Waals surface area contributed by atoms with Gasteiger partial charge in [0.1, 0.15) is 0 Å². The van der Waals surface area contributed by atoms with Gasteiger partial charge in [-0.1, -0.05) is 24.3 Å². The fraction of sp³-hybridized carbons (Fsp3) is 0.250. The molecule has 0 spiro atoms. The maximum atomic E-state index is 5.38. The number of halogens is 1. The lowest BCUT2D eigenvalue weighted by molar-refractivity contribution is 0.355. The van der Waals surface area contributed by atoms with Crippen molar-refractivity contribution in [1.29, 1.82) is 0 Å². The molecule has 0 fully saturated rings. The number of methoxy groups -OCH3 is 4. The molecule has 0 aromatic heterocycles. The van der Waals surface area contributed by atoms with Crippen LogP contribution < -0.4 is 29.7 Å². The van der Waals surface area contributed by atoms with Crippen molar-refractivity contribution in [2.45, 2.75) is 0 Å². The van der Waals surface area contributed by atoms with Gasteiger partial charge in [-0.25, -0.2) is 10.4 Å². The van der Waals surface area contributed by atoms with Gasteiger partial charge in [0, 0.05) is 6.54 Å². The zero-order valence-corrected chi connectivity index (χ0v) is 20.8. The fourth-order valence-corrected chi connectivity index (χ4v) is 3.00. The first-order valence-electron chi connectivity index (χ1n) is 10.1. The zero-order valence-electron chi connectivity index (χ0n) is 19.1. The lowest BCUT2D eigenvalue weighted by atomic mass is 10.1. The number of aliphatic imine (C=N–C) groups is 1. The molecule has 0 radical (unpaired) electrons. The average molecular weight is 517 g/mol. The molecule has 9 heteroatoms. The maximum Gasteiger partial charge on any atom is 0.212 e. The summed E-state index contributed by atoms with van der Waals surface area (Å²) in [6.45, 7) is 1.53. The van der Waals surface area contributed by atoms with Crippen LogP contribution >= 0.6 is 17.0 Å². The van der Waals surface area contributed by atoms with Gasteiger partial charge in [-0.3, -0.25) is 0 Å². The number of rotatable bonds is 9. The highest BCUT2D eigenvalue weighted by atomic mass is 79.9. The quantitative estimate of drug-likeness (QED) is 0.388. The first-order chi connectivity index (χ1) is 15.7. The minimum atomic E-state index is 0. The van der Waals surface area contributed by atoms with E-state index in [0.717, 1.165) is 24.2 Å². The van der Waals surface area contributed by atoms with Crippen LogP contribution in [0, 0.1) is 0 Å². The number of nitrogens with zero attached hydrogens (tertiary/aromatic N) is 2. The molecule has 0 amide bonds. The molecule has 1 aliphatic rings. The van der Waals surface area contributed by atoms with Crippen molar-refractivity contribution < 1.29 is 18.9 Å². The predicted octanol–water partition coefficient (Wildman–Crippen LogP) is 3.93. The lowest BCUT2D eigenvalue weighted by Crippen LogP contribution is -2.30. The van der Waals surface area contributed by atoms with Gasteiger partial charge in [-0.15, -0.1) is 17.0 Å². The molecule has 0 saturated heterocycles. The summed E-state index contributed by atoms with van der Waals surface area (Å²) in [7, 11) is 6.46. The molecule has 33 heavy (non-hydrogen) atoms. The maximum absolute atomic E-state index is 5.38. The Balaban J connectivity index is 0.00000385. The van der Waals surface area contributed by atoms with Gasteiger partial charge in [0.2, 0.25) is 5.96 Å². The van der Waals surface area contributed by atoms with Crippen LogP contribution in [0.4, 0.5) is 0 Å². The van der Waals surface area contributed by atoms with Crippen LogP contribution in [-0.4, -0.2) is 53.2 Å². The van der Waals surface area contributed by atoms with Crippen LogP contribution in [0.25, 0.3) is 12.2 Å². The van der Waals surface area contributed by atoms with E-state index in [1.54, 1.807) is 28.4 Å². The van der Waals surface area contributed by atoms with Crippen LogP contribution in [0.5, 0.6) is 23.0 Å². The number of ether oxygens (including phenoxy) is 4. The van der Waals surface area contributed by atoms with E-state index in [4.69, 9.17) is 18.9 Å². The molecule has 1 heterocycles. The monoisotopic (exact) mass is 516 g/mol. The summed E-state index contributed by atoms with van der Waals surface area (Å²) >= 11 is 0. The Morgan fingerprint density at radius 1 is 0.848 bits per heavy atom. The van der Waals surface area contributed by atoms with Gasteiger partial charge in [0.25, 0.3) is 0 Å².